The molecule has 0 saturated heterocycles. The molecule has 0 aromatic rings. The summed E-state index contributed by atoms with van der Waals surface area (Å²) >= 11 is 0. The van der Waals surface area contributed by atoms with Crippen molar-refractivity contribution in [3.05, 3.63) is 46.6 Å². The number of esters is 4. The molecule has 0 radical (unpaired) electrons. The Morgan fingerprint density at radius 2 is 1.68 bits per heavy atom. The Kier molecular flexibility index (Phi) is 7.96. The van der Waals surface area contributed by atoms with Gasteiger partial charge in [0.25, 0.3) is 0 Å². The van der Waals surface area contributed by atoms with Gasteiger partial charge in [-0.3, -0.25) is 9.59 Å². The zero-order chi connectivity index (χ0) is 23.3. The smallest absolute Gasteiger partial charge is 0.338 e. The summed E-state index contributed by atoms with van der Waals surface area (Å²) in [6, 6.07) is 0. The second kappa shape index (κ2) is 10.2. The van der Waals surface area contributed by atoms with Gasteiger partial charge in [-0.15, -0.1) is 0 Å². The number of carbonyl (C=O) groups is 4. The van der Waals surface area contributed by atoms with Crippen LogP contribution in [0.1, 0.15) is 47.5 Å². The first kappa shape index (κ1) is 24.1. The molecule has 1 heterocycles. The van der Waals surface area contributed by atoms with E-state index in [1.165, 1.54) is 20.8 Å². The van der Waals surface area contributed by atoms with E-state index in [4.69, 9.17) is 18.9 Å². The number of ether oxygens (including phenoxy) is 4. The molecule has 0 spiro atoms. The standard InChI is InChI=1S/C23H28O8/c1-12(2)22(26)30-19-9-13(3)7-17(29-16(6)25)8-14(4)10-20-21(19)18(23(27)31-20)11-28-15(5)24/h7,10,17,19-20H,1,8-9,11H2,2-6H3. The molecule has 8 nitrogen and oxygen atoms in total. The van der Waals surface area contributed by atoms with Crippen LogP contribution in [0.15, 0.2) is 46.6 Å². The van der Waals surface area contributed by atoms with E-state index < -0.39 is 42.2 Å². The maximum absolute atomic E-state index is 12.6. The van der Waals surface area contributed by atoms with E-state index >= 15 is 0 Å². The van der Waals surface area contributed by atoms with Gasteiger partial charge in [-0.2, -0.15) is 0 Å². The van der Waals surface area contributed by atoms with Crippen LogP contribution in [0.4, 0.5) is 0 Å². The van der Waals surface area contributed by atoms with Crippen molar-refractivity contribution < 1.29 is 38.1 Å². The number of carbonyl (C=O) groups excluding carboxylic acids is 4. The van der Waals surface area contributed by atoms with Gasteiger partial charge < -0.3 is 18.9 Å². The number of fused-ring (bicyclic) bond motifs is 1. The van der Waals surface area contributed by atoms with E-state index in [0.717, 1.165) is 11.1 Å². The van der Waals surface area contributed by atoms with Crippen molar-refractivity contribution in [2.24, 2.45) is 0 Å². The third kappa shape index (κ3) is 6.67. The van der Waals surface area contributed by atoms with Crippen LogP contribution in [0.3, 0.4) is 0 Å². The van der Waals surface area contributed by atoms with Gasteiger partial charge in [-0.25, -0.2) is 9.59 Å². The molecule has 3 unspecified atom stereocenters. The van der Waals surface area contributed by atoms with Crippen LogP contribution >= 0.6 is 0 Å². The highest BCUT2D eigenvalue weighted by atomic mass is 16.6. The van der Waals surface area contributed by atoms with E-state index in [0.29, 0.717) is 12.0 Å². The Hall–Kier alpha value is -3.16. The van der Waals surface area contributed by atoms with Gasteiger partial charge in [0.1, 0.15) is 24.9 Å². The maximum Gasteiger partial charge on any atom is 0.338 e. The first-order chi connectivity index (χ1) is 14.5. The molecule has 0 saturated carbocycles. The lowest BCUT2D eigenvalue weighted by Crippen LogP contribution is -2.28. The third-order valence-electron chi connectivity index (χ3n) is 4.75. The second-order valence-corrected chi connectivity index (χ2v) is 7.80. The molecule has 0 amide bonds. The van der Waals surface area contributed by atoms with Crippen molar-refractivity contribution in [1.82, 2.24) is 0 Å². The van der Waals surface area contributed by atoms with E-state index in [1.807, 2.05) is 13.8 Å². The predicted molar refractivity (Wildman–Crippen MR) is 111 cm³/mol. The van der Waals surface area contributed by atoms with Gasteiger partial charge in [0.05, 0.1) is 5.57 Å². The molecule has 1 aliphatic heterocycles. The molecule has 31 heavy (non-hydrogen) atoms. The summed E-state index contributed by atoms with van der Waals surface area (Å²) in [5, 5.41) is 0. The monoisotopic (exact) mass is 432 g/mol. The van der Waals surface area contributed by atoms with Gasteiger partial charge in [0.15, 0.2) is 0 Å². The molecule has 168 valence electrons. The molecule has 0 fully saturated rings. The predicted octanol–water partition coefficient (Wildman–Crippen LogP) is 2.88. The van der Waals surface area contributed by atoms with Crippen LogP contribution in [0.25, 0.3) is 0 Å². The number of hydrogen-bond donors (Lipinski definition) is 0. The molecule has 0 bridgehead atoms. The van der Waals surface area contributed by atoms with Crippen molar-refractivity contribution in [3.8, 4) is 0 Å². The Bertz CT molecular complexity index is 889. The first-order valence-corrected chi connectivity index (χ1v) is 9.93. The van der Waals surface area contributed by atoms with Crippen LogP contribution in [0.2, 0.25) is 0 Å². The molecule has 0 N–H and O–H groups in total. The highest BCUT2D eigenvalue weighted by Gasteiger charge is 2.40. The molecule has 0 aromatic carbocycles. The summed E-state index contributed by atoms with van der Waals surface area (Å²) in [5.41, 5.74) is 2.38. The minimum Gasteiger partial charge on any atom is -0.461 e. The quantitative estimate of drug-likeness (QED) is 0.283. The lowest BCUT2D eigenvalue weighted by atomic mass is 9.91. The fraction of sp³-hybridized carbons (Fsp3) is 0.478. The topological polar surface area (TPSA) is 105 Å². The summed E-state index contributed by atoms with van der Waals surface area (Å²) < 4.78 is 21.6. The van der Waals surface area contributed by atoms with Crippen LogP contribution in [-0.2, 0) is 38.1 Å². The largest absolute Gasteiger partial charge is 0.461 e. The maximum atomic E-state index is 12.6. The summed E-state index contributed by atoms with van der Waals surface area (Å²) in [7, 11) is 0. The van der Waals surface area contributed by atoms with Crippen molar-refractivity contribution in [1.29, 1.82) is 0 Å². The van der Waals surface area contributed by atoms with E-state index in [-0.39, 0.29) is 24.2 Å². The second-order valence-electron chi connectivity index (χ2n) is 7.80. The van der Waals surface area contributed by atoms with Crippen LogP contribution < -0.4 is 0 Å². The van der Waals surface area contributed by atoms with Gasteiger partial charge in [-0.05, 0) is 32.9 Å². The molecular formula is C23H28O8. The average Bonchev–Trinajstić information content (AvgIpc) is 2.92. The molecule has 2 rings (SSSR count). The molecule has 1 aliphatic carbocycles. The molecule has 2 aliphatic rings. The van der Waals surface area contributed by atoms with Crippen LogP contribution in [0.5, 0.6) is 0 Å². The fourth-order valence-electron chi connectivity index (χ4n) is 3.47. The minimum absolute atomic E-state index is 0.147. The first-order valence-electron chi connectivity index (χ1n) is 9.93. The normalized spacial score (nSPS) is 23.6. The van der Waals surface area contributed by atoms with Gasteiger partial charge in [0.2, 0.25) is 0 Å². The molecule has 8 heteroatoms. The highest BCUT2D eigenvalue weighted by Crippen LogP contribution is 2.34. The lowest BCUT2D eigenvalue weighted by Gasteiger charge is -2.25. The van der Waals surface area contributed by atoms with Crippen LogP contribution in [-0.4, -0.2) is 48.8 Å². The number of rotatable bonds is 5. The Labute approximate surface area is 181 Å². The summed E-state index contributed by atoms with van der Waals surface area (Å²) in [5.74, 6) is -2.23. The van der Waals surface area contributed by atoms with E-state index in [2.05, 4.69) is 6.58 Å². The van der Waals surface area contributed by atoms with Gasteiger partial charge in [-0.1, -0.05) is 17.7 Å². The Morgan fingerprint density at radius 1 is 1.03 bits per heavy atom. The summed E-state index contributed by atoms with van der Waals surface area (Å²) in [6.07, 6.45) is 2.00. The Balaban J connectivity index is 2.56. The Morgan fingerprint density at radius 3 is 2.26 bits per heavy atom. The van der Waals surface area contributed by atoms with Gasteiger partial charge in [0, 0.05) is 37.8 Å². The van der Waals surface area contributed by atoms with E-state index in [1.54, 1.807) is 12.2 Å². The average molecular weight is 432 g/mol. The van der Waals surface area contributed by atoms with E-state index in [9.17, 15) is 19.2 Å². The zero-order valence-corrected chi connectivity index (χ0v) is 18.5. The zero-order valence-electron chi connectivity index (χ0n) is 18.5. The molecular weight excluding hydrogens is 404 g/mol. The number of hydrogen-bond acceptors (Lipinski definition) is 8. The summed E-state index contributed by atoms with van der Waals surface area (Å²) in [6.45, 7) is 11.1. The SMILES string of the molecule is C=C(C)C(=O)OC1CC(C)=CC(OC(C)=O)CC(C)=CC2OC(=O)C(COC(C)=O)=C21. The van der Waals surface area contributed by atoms with Gasteiger partial charge >= 0.3 is 23.9 Å². The highest BCUT2D eigenvalue weighted by molar-refractivity contribution is 5.94. The van der Waals surface area contributed by atoms with Crippen LogP contribution in [0, 0.1) is 0 Å². The lowest BCUT2D eigenvalue weighted by molar-refractivity contribution is -0.144. The minimum atomic E-state index is -0.859. The van der Waals surface area contributed by atoms with Crippen molar-refractivity contribution in [2.45, 2.75) is 65.8 Å². The third-order valence-corrected chi connectivity index (χ3v) is 4.75. The molecule has 3 atom stereocenters. The molecule has 0 aromatic heterocycles. The van der Waals surface area contributed by atoms with Crippen molar-refractivity contribution in [3.63, 3.8) is 0 Å². The summed E-state index contributed by atoms with van der Waals surface area (Å²) in [4.78, 5) is 47.7. The fourth-order valence-corrected chi connectivity index (χ4v) is 3.47. The van der Waals surface area contributed by atoms with Crippen molar-refractivity contribution >= 4 is 23.9 Å². The van der Waals surface area contributed by atoms with Crippen molar-refractivity contribution in [2.75, 3.05) is 6.61 Å².